The summed E-state index contributed by atoms with van der Waals surface area (Å²) >= 11 is 3.70. The highest BCUT2D eigenvalue weighted by Gasteiger charge is 2.38. The Labute approximate surface area is 494 Å². The van der Waals surface area contributed by atoms with Crippen LogP contribution in [0.2, 0.25) is 0 Å². The average Bonchev–Trinajstić information content (AvgIpc) is 1.86. The smallest absolute Gasteiger partial charge is 0.145 e. The van der Waals surface area contributed by atoms with E-state index < -0.39 is 0 Å². The fourth-order valence-corrected chi connectivity index (χ4v) is 15.9. The third kappa shape index (κ3) is 7.63. The molecule has 3 aromatic heterocycles. The zero-order chi connectivity index (χ0) is 55.6. The maximum absolute atomic E-state index is 7.07. The molecule has 0 atom stereocenters. The van der Waals surface area contributed by atoms with Gasteiger partial charge in [0.2, 0.25) is 0 Å². The van der Waals surface area contributed by atoms with Gasteiger partial charge in [-0.2, -0.15) is 0 Å². The van der Waals surface area contributed by atoms with Crippen molar-refractivity contribution in [3.8, 4) is 44.5 Å². The SMILES string of the molecule is CC1(C)c2cc3ccccc3cc2-c2cccc(-c3ccc(N(c4ccccc4)c4cccc5sc6ccc(-c7ccc(N(c8ccccc8)c8ccc(-c9ccc%10sc%11ccccc%11c%10c9)cc8)c8c7oc7ccccc78)cc6c45)cc3)c21. The van der Waals surface area contributed by atoms with Crippen LogP contribution < -0.4 is 9.80 Å². The molecule has 16 aromatic rings. The molecule has 13 aromatic carbocycles. The molecule has 0 saturated heterocycles. The molecule has 0 aliphatic heterocycles. The predicted octanol–water partition coefficient (Wildman–Crippen LogP) is 23.7. The summed E-state index contributed by atoms with van der Waals surface area (Å²) in [6.07, 6.45) is 0. The van der Waals surface area contributed by atoms with E-state index in [-0.39, 0.29) is 5.41 Å². The highest BCUT2D eigenvalue weighted by molar-refractivity contribution is 7.26. The lowest BCUT2D eigenvalue weighted by molar-refractivity contribution is 0.663. The minimum absolute atomic E-state index is 0.166. The molecule has 0 saturated carbocycles. The van der Waals surface area contributed by atoms with Crippen molar-refractivity contribution >= 4 is 130 Å². The molecule has 0 bridgehead atoms. The topological polar surface area (TPSA) is 19.6 Å². The summed E-state index contributed by atoms with van der Waals surface area (Å²) in [6.45, 7) is 4.78. The predicted molar refractivity (Wildman–Crippen MR) is 360 cm³/mol. The molecule has 5 heteroatoms. The Morgan fingerprint density at radius 3 is 1.61 bits per heavy atom. The van der Waals surface area contributed by atoms with Gasteiger partial charge in [0.1, 0.15) is 11.2 Å². The molecule has 0 spiro atoms. The molecule has 1 aliphatic rings. The molecule has 0 N–H and O–H groups in total. The number of nitrogens with zero attached hydrogens (tertiary/aromatic N) is 2. The van der Waals surface area contributed by atoms with Gasteiger partial charge in [-0.05, 0) is 182 Å². The van der Waals surface area contributed by atoms with E-state index >= 15 is 0 Å². The summed E-state index contributed by atoms with van der Waals surface area (Å²) in [6, 6.07) is 103. The fraction of sp³-hybridized carbons (Fsp3) is 0.0380. The highest BCUT2D eigenvalue weighted by Crippen LogP contribution is 2.54. The fourth-order valence-electron chi connectivity index (χ4n) is 13.7. The third-order valence-electron chi connectivity index (χ3n) is 17.6. The lowest BCUT2D eigenvalue weighted by Crippen LogP contribution is -2.16. The zero-order valence-electron chi connectivity index (χ0n) is 46.2. The number of anilines is 6. The van der Waals surface area contributed by atoms with Crippen molar-refractivity contribution in [1.82, 2.24) is 0 Å². The Hall–Kier alpha value is -10.0. The lowest BCUT2D eigenvalue weighted by atomic mass is 9.78. The van der Waals surface area contributed by atoms with Gasteiger partial charge in [0.15, 0.2) is 0 Å². The van der Waals surface area contributed by atoms with Crippen molar-refractivity contribution in [1.29, 1.82) is 0 Å². The normalized spacial score (nSPS) is 12.7. The number of rotatable bonds is 9. The first-order chi connectivity index (χ1) is 41.4. The Morgan fingerprint density at radius 1 is 0.321 bits per heavy atom. The molecule has 1 aliphatic carbocycles. The van der Waals surface area contributed by atoms with Crippen LogP contribution in [-0.2, 0) is 5.41 Å². The van der Waals surface area contributed by atoms with E-state index in [0.29, 0.717) is 0 Å². The van der Waals surface area contributed by atoms with Crippen LogP contribution in [0.25, 0.3) is 118 Å². The van der Waals surface area contributed by atoms with Crippen molar-refractivity contribution in [2.45, 2.75) is 19.3 Å². The van der Waals surface area contributed by atoms with E-state index in [4.69, 9.17) is 4.42 Å². The van der Waals surface area contributed by atoms with Gasteiger partial charge in [-0.3, -0.25) is 0 Å². The second-order valence-corrected chi connectivity index (χ2v) is 24.9. The first-order valence-electron chi connectivity index (χ1n) is 28.8. The van der Waals surface area contributed by atoms with Crippen LogP contribution in [0.15, 0.2) is 283 Å². The maximum Gasteiger partial charge on any atom is 0.145 e. The molecule has 0 amide bonds. The molecule has 0 fully saturated rings. The van der Waals surface area contributed by atoms with E-state index in [0.717, 1.165) is 67.2 Å². The minimum Gasteiger partial charge on any atom is -0.455 e. The van der Waals surface area contributed by atoms with Crippen LogP contribution in [0.3, 0.4) is 0 Å². The summed E-state index contributed by atoms with van der Waals surface area (Å²) in [5.74, 6) is 0. The lowest BCUT2D eigenvalue weighted by Gasteiger charge is -2.27. The van der Waals surface area contributed by atoms with Crippen molar-refractivity contribution in [3.63, 3.8) is 0 Å². The Kier molecular flexibility index (Phi) is 11.0. The quantitative estimate of drug-likeness (QED) is 0.144. The second-order valence-electron chi connectivity index (χ2n) is 22.7. The number of benzene rings is 13. The first-order valence-corrected chi connectivity index (χ1v) is 30.4. The minimum atomic E-state index is -0.166. The van der Waals surface area contributed by atoms with Crippen LogP contribution in [-0.4, -0.2) is 0 Å². The zero-order valence-corrected chi connectivity index (χ0v) is 47.8. The van der Waals surface area contributed by atoms with Gasteiger partial charge in [-0.25, -0.2) is 0 Å². The summed E-state index contributed by atoms with van der Waals surface area (Å²) < 4.78 is 12.2. The average molecular weight is 1110 g/mol. The standard InChI is InChI=1S/C79H52N2OS2/c1-79(2)67-48-52-18-10-9-17-51(52)45-64(67)62-26-15-25-59(77(62)79)50-33-39-58(40-34-50)80(55-19-5-3-6-20-55)68-27-16-30-74-75(68)66-47-54(36-44-73(66)84-74)60-41-42-69(76-63-24-11-13-28-70(63)82-78(60)76)81(56-21-7-4-8-22-56)57-37-31-49(32-38-57)53-35-43-72-65(46-53)61-23-12-14-29-71(61)83-72/h3-48H,1-2H3. The van der Waals surface area contributed by atoms with Gasteiger partial charge in [0, 0.05) is 79.5 Å². The van der Waals surface area contributed by atoms with Gasteiger partial charge in [0.25, 0.3) is 0 Å². The number of thiophene rings is 2. The summed E-state index contributed by atoms with van der Waals surface area (Å²) in [4.78, 5) is 4.82. The van der Waals surface area contributed by atoms with Crippen LogP contribution in [0.5, 0.6) is 0 Å². The highest BCUT2D eigenvalue weighted by atomic mass is 32.1. The van der Waals surface area contributed by atoms with Gasteiger partial charge in [-0.1, -0.05) is 172 Å². The molecular weight excluding hydrogens is 1060 g/mol. The Morgan fingerprint density at radius 2 is 0.857 bits per heavy atom. The molecule has 0 radical (unpaired) electrons. The molecule has 3 heterocycles. The van der Waals surface area contributed by atoms with Crippen molar-refractivity contribution in [2.75, 3.05) is 9.80 Å². The van der Waals surface area contributed by atoms with Gasteiger partial charge < -0.3 is 14.2 Å². The van der Waals surface area contributed by atoms with Crippen LogP contribution in [0.4, 0.5) is 34.1 Å². The number of hydrogen-bond donors (Lipinski definition) is 0. The number of hydrogen-bond acceptors (Lipinski definition) is 5. The largest absolute Gasteiger partial charge is 0.455 e. The summed E-state index contributed by atoms with van der Waals surface area (Å²) in [7, 11) is 0. The van der Waals surface area contributed by atoms with Gasteiger partial charge in [-0.15, -0.1) is 22.7 Å². The number of fused-ring (bicyclic) bond motifs is 13. The first kappa shape index (κ1) is 48.6. The van der Waals surface area contributed by atoms with E-state index in [1.54, 1.807) is 0 Å². The van der Waals surface area contributed by atoms with Gasteiger partial charge in [0.05, 0.1) is 16.8 Å². The molecule has 3 nitrogen and oxygen atoms in total. The van der Waals surface area contributed by atoms with Crippen LogP contribution in [0.1, 0.15) is 25.0 Å². The van der Waals surface area contributed by atoms with Gasteiger partial charge >= 0.3 is 0 Å². The monoisotopic (exact) mass is 1110 g/mol. The van der Waals surface area contributed by atoms with E-state index in [1.807, 2.05) is 22.7 Å². The van der Waals surface area contributed by atoms with Crippen LogP contribution >= 0.6 is 22.7 Å². The van der Waals surface area contributed by atoms with E-state index in [9.17, 15) is 0 Å². The van der Waals surface area contributed by atoms with Crippen LogP contribution in [0, 0.1) is 0 Å². The third-order valence-corrected chi connectivity index (χ3v) is 19.9. The molecule has 0 unspecified atom stereocenters. The maximum atomic E-state index is 7.07. The number of para-hydroxylation sites is 3. The number of furan rings is 1. The van der Waals surface area contributed by atoms with Crippen molar-refractivity contribution in [2.24, 2.45) is 0 Å². The van der Waals surface area contributed by atoms with E-state index in [1.165, 1.54) is 95.6 Å². The Balaban J connectivity index is 0.775. The molecule has 84 heavy (non-hydrogen) atoms. The second kappa shape index (κ2) is 19.0. The Bertz CT molecular complexity index is 5280. The molecule has 396 valence electrons. The molecular formula is C79H52N2OS2. The summed E-state index contributed by atoms with van der Waals surface area (Å²) in [5.41, 5.74) is 20.5. The summed E-state index contributed by atoms with van der Waals surface area (Å²) in [5, 5.41) is 9.75. The molecule has 17 rings (SSSR count). The van der Waals surface area contributed by atoms with Crippen molar-refractivity contribution < 1.29 is 4.42 Å². The van der Waals surface area contributed by atoms with Crippen molar-refractivity contribution in [3.05, 3.63) is 290 Å². The van der Waals surface area contributed by atoms with E-state index in [2.05, 4.69) is 303 Å².